The van der Waals surface area contributed by atoms with E-state index >= 15 is 0 Å². The van der Waals surface area contributed by atoms with Crippen LogP contribution in [0, 0.1) is 0 Å². The Kier molecular flexibility index (Phi) is 4.90. The first kappa shape index (κ1) is 19.2. The zero-order valence-corrected chi connectivity index (χ0v) is 16.8. The molecule has 1 N–H and O–H groups in total. The van der Waals surface area contributed by atoms with Crippen LogP contribution < -0.4 is 4.74 Å². The van der Waals surface area contributed by atoms with Crippen molar-refractivity contribution in [1.82, 2.24) is 0 Å². The average Bonchev–Trinajstić information content (AvgIpc) is 2.59. The van der Waals surface area contributed by atoms with Crippen molar-refractivity contribution < 1.29 is 14.6 Å². The van der Waals surface area contributed by atoms with Crippen LogP contribution in [0.3, 0.4) is 0 Å². The molecule has 0 radical (unpaired) electrons. The number of carboxylic acids is 1. The topological polar surface area (TPSA) is 46.5 Å². The summed E-state index contributed by atoms with van der Waals surface area (Å²) in [6.07, 6.45) is 3.57. The molecule has 0 aliphatic heterocycles. The molecule has 1 aliphatic rings. The van der Waals surface area contributed by atoms with Crippen LogP contribution in [0.1, 0.15) is 64.2 Å². The Morgan fingerprint density at radius 3 is 2.07 bits per heavy atom. The Hall–Kier alpha value is -2.55. The summed E-state index contributed by atoms with van der Waals surface area (Å²) in [6.45, 7) is 11.0. The molecule has 0 spiro atoms. The van der Waals surface area contributed by atoms with Crippen LogP contribution in [-0.4, -0.2) is 11.1 Å². The van der Waals surface area contributed by atoms with Crippen molar-refractivity contribution in [3.63, 3.8) is 0 Å². The third kappa shape index (κ3) is 4.08. The molecule has 0 aromatic heterocycles. The highest BCUT2D eigenvalue weighted by Gasteiger charge is 2.37. The van der Waals surface area contributed by atoms with Crippen LogP contribution in [0.25, 0.3) is 5.57 Å². The predicted molar refractivity (Wildman–Crippen MR) is 110 cm³/mol. The molecule has 0 saturated heterocycles. The molecule has 2 aromatic carbocycles. The van der Waals surface area contributed by atoms with E-state index in [1.165, 1.54) is 30.0 Å². The van der Waals surface area contributed by atoms with E-state index in [0.717, 1.165) is 17.1 Å². The number of rotatable bonds is 4. The van der Waals surface area contributed by atoms with Gasteiger partial charge in [0.1, 0.15) is 11.5 Å². The van der Waals surface area contributed by atoms with Crippen LogP contribution in [-0.2, 0) is 15.6 Å². The quantitative estimate of drug-likeness (QED) is 0.646. The van der Waals surface area contributed by atoms with Gasteiger partial charge in [-0.05, 0) is 77.1 Å². The average molecular weight is 364 g/mol. The van der Waals surface area contributed by atoms with Crippen molar-refractivity contribution in [1.29, 1.82) is 0 Å². The first-order valence-electron chi connectivity index (χ1n) is 9.43. The number of fused-ring (bicyclic) bond motifs is 1. The molecular weight excluding hydrogens is 336 g/mol. The van der Waals surface area contributed by atoms with Crippen LogP contribution in [0.5, 0.6) is 11.5 Å². The van der Waals surface area contributed by atoms with Gasteiger partial charge >= 0.3 is 5.97 Å². The van der Waals surface area contributed by atoms with Gasteiger partial charge in [-0.15, -0.1) is 0 Å². The molecule has 3 rings (SSSR count). The highest BCUT2D eigenvalue weighted by Crippen LogP contribution is 2.47. The maximum Gasteiger partial charge on any atom is 0.328 e. The molecule has 1 aliphatic carbocycles. The molecule has 0 atom stereocenters. The molecule has 0 unspecified atom stereocenters. The maximum absolute atomic E-state index is 10.8. The Morgan fingerprint density at radius 1 is 0.926 bits per heavy atom. The Morgan fingerprint density at radius 2 is 1.48 bits per heavy atom. The summed E-state index contributed by atoms with van der Waals surface area (Å²) >= 11 is 0. The normalized spacial score (nSPS) is 17.9. The molecule has 0 bridgehead atoms. The Labute approximate surface area is 161 Å². The van der Waals surface area contributed by atoms with E-state index in [2.05, 4.69) is 39.8 Å². The van der Waals surface area contributed by atoms with Gasteiger partial charge in [-0.3, -0.25) is 0 Å². The van der Waals surface area contributed by atoms with Gasteiger partial charge in [-0.2, -0.15) is 0 Å². The summed E-state index contributed by atoms with van der Waals surface area (Å²) in [7, 11) is 0. The number of hydrogen-bond acceptors (Lipinski definition) is 2. The smallest absolute Gasteiger partial charge is 0.328 e. The van der Waals surface area contributed by atoms with E-state index in [0.29, 0.717) is 5.57 Å². The van der Waals surface area contributed by atoms with Gasteiger partial charge < -0.3 is 9.84 Å². The highest BCUT2D eigenvalue weighted by molar-refractivity contribution is 5.89. The van der Waals surface area contributed by atoms with E-state index in [9.17, 15) is 4.79 Å². The molecule has 3 heteroatoms. The van der Waals surface area contributed by atoms with E-state index in [4.69, 9.17) is 9.84 Å². The fourth-order valence-electron chi connectivity index (χ4n) is 3.82. The third-order valence-electron chi connectivity index (χ3n) is 5.71. The van der Waals surface area contributed by atoms with Gasteiger partial charge in [-0.25, -0.2) is 4.79 Å². The van der Waals surface area contributed by atoms with Crippen molar-refractivity contribution in [3.05, 3.63) is 65.2 Å². The fourth-order valence-corrected chi connectivity index (χ4v) is 3.82. The number of carboxylic acid groups (broad SMARTS) is 1. The number of ether oxygens (including phenoxy) is 1. The fraction of sp³-hybridized carbons (Fsp3) is 0.375. The molecule has 27 heavy (non-hydrogen) atoms. The molecule has 0 fully saturated rings. The van der Waals surface area contributed by atoms with Gasteiger partial charge in [-0.1, -0.05) is 45.9 Å². The van der Waals surface area contributed by atoms with Crippen molar-refractivity contribution in [2.45, 2.75) is 58.3 Å². The first-order valence-corrected chi connectivity index (χ1v) is 9.43. The lowest BCUT2D eigenvalue weighted by Gasteiger charge is -2.41. The number of allylic oxidation sites excluding steroid dienone is 1. The zero-order valence-electron chi connectivity index (χ0n) is 16.8. The minimum Gasteiger partial charge on any atom is -0.478 e. The maximum atomic E-state index is 10.8. The lowest BCUT2D eigenvalue weighted by Crippen LogP contribution is -2.33. The van der Waals surface area contributed by atoms with Gasteiger partial charge in [0, 0.05) is 6.08 Å². The van der Waals surface area contributed by atoms with Crippen molar-refractivity contribution >= 4 is 11.5 Å². The van der Waals surface area contributed by atoms with Crippen LogP contribution in [0.4, 0.5) is 0 Å². The standard InChI is InChI=1S/C24H28O3/c1-16(14-22(25)26)17-6-8-18(9-7-17)27-19-10-11-20-21(15-19)24(4,5)13-12-23(20,2)3/h6-11,14-15H,12-13H2,1-5H3,(H,25,26)/b16-14-. The van der Waals surface area contributed by atoms with Crippen LogP contribution in [0.2, 0.25) is 0 Å². The van der Waals surface area contributed by atoms with Crippen molar-refractivity contribution in [2.24, 2.45) is 0 Å². The predicted octanol–water partition coefficient (Wildman–Crippen LogP) is 6.32. The van der Waals surface area contributed by atoms with E-state index in [1.807, 2.05) is 30.3 Å². The number of aliphatic carboxylic acids is 1. The van der Waals surface area contributed by atoms with Gasteiger partial charge in [0.25, 0.3) is 0 Å². The van der Waals surface area contributed by atoms with Gasteiger partial charge in [0.15, 0.2) is 0 Å². The summed E-state index contributed by atoms with van der Waals surface area (Å²) in [5.74, 6) is 0.646. The highest BCUT2D eigenvalue weighted by atomic mass is 16.5. The Balaban J connectivity index is 1.86. The first-order chi connectivity index (χ1) is 12.6. The van der Waals surface area contributed by atoms with Crippen LogP contribution >= 0.6 is 0 Å². The molecular formula is C24H28O3. The number of hydrogen-bond donors (Lipinski definition) is 1. The molecule has 0 heterocycles. The second kappa shape index (κ2) is 6.88. The van der Waals surface area contributed by atoms with Crippen molar-refractivity contribution in [3.8, 4) is 11.5 Å². The Bertz CT molecular complexity index is 886. The van der Waals surface area contributed by atoms with Gasteiger partial charge in [0.05, 0.1) is 0 Å². The molecule has 0 amide bonds. The van der Waals surface area contributed by atoms with E-state index in [1.54, 1.807) is 6.92 Å². The third-order valence-corrected chi connectivity index (χ3v) is 5.71. The summed E-state index contributed by atoms with van der Waals surface area (Å²) in [6, 6.07) is 14.0. The summed E-state index contributed by atoms with van der Waals surface area (Å²) < 4.78 is 6.09. The number of benzene rings is 2. The second-order valence-electron chi connectivity index (χ2n) is 8.77. The van der Waals surface area contributed by atoms with E-state index in [-0.39, 0.29) is 10.8 Å². The van der Waals surface area contributed by atoms with Crippen LogP contribution in [0.15, 0.2) is 48.5 Å². The SMILES string of the molecule is C/C(=C/C(=O)O)c1ccc(Oc2ccc3c(c2)C(C)(C)CCC3(C)C)cc1. The largest absolute Gasteiger partial charge is 0.478 e. The molecule has 3 nitrogen and oxygen atoms in total. The zero-order chi connectivity index (χ0) is 19.8. The minimum atomic E-state index is -0.938. The summed E-state index contributed by atoms with van der Waals surface area (Å²) in [4.78, 5) is 10.8. The summed E-state index contributed by atoms with van der Waals surface area (Å²) in [5.41, 5.74) is 4.71. The second-order valence-corrected chi connectivity index (χ2v) is 8.77. The molecule has 0 saturated carbocycles. The monoisotopic (exact) mass is 364 g/mol. The number of carbonyl (C=O) groups is 1. The van der Waals surface area contributed by atoms with Crippen molar-refractivity contribution in [2.75, 3.05) is 0 Å². The molecule has 142 valence electrons. The van der Waals surface area contributed by atoms with Gasteiger partial charge in [0.2, 0.25) is 0 Å². The lowest BCUT2D eigenvalue weighted by molar-refractivity contribution is -0.131. The summed E-state index contributed by atoms with van der Waals surface area (Å²) in [5, 5.41) is 8.87. The minimum absolute atomic E-state index is 0.146. The van der Waals surface area contributed by atoms with E-state index < -0.39 is 5.97 Å². The lowest BCUT2D eigenvalue weighted by atomic mass is 9.63. The molecule has 2 aromatic rings.